The van der Waals surface area contributed by atoms with Crippen molar-refractivity contribution in [1.82, 2.24) is 14.7 Å². The molecule has 0 aliphatic heterocycles. The Balaban J connectivity index is 2.19. The Hall–Kier alpha value is -2.25. The van der Waals surface area contributed by atoms with Gasteiger partial charge < -0.3 is 4.98 Å². The highest BCUT2D eigenvalue weighted by Crippen LogP contribution is 2.28. The monoisotopic (exact) mass is 305 g/mol. The van der Waals surface area contributed by atoms with E-state index in [2.05, 4.69) is 14.7 Å². The molecular weight excluding hydrogens is 293 g/mol. The number of sulfonamides is 1. The molecule has 108 valence electrons. The van der Waals surface area contributed by atoms with Crippen molar-refractivity contribution in [1.29, 1.82) is 0 Å². The number of hydrogen-bond donors (Lipinski definition) is 2. The van der Waals surface area contributed by atoms with Crippen molar-refractivity contribution in [2.45, 2.75) is 4.90 Å². The molecular formula is C14H12FN3O2S. The van der Waals surface area contributed by atoms with Gasteiger partial charge in [0.15, 0.2) is 0 Å². The molecule has 0 unspecified atom stereocenters. The van der Waals surface area contributed by atoms with Gasteiger partial charge in [-0.2, -0.15) is 0 Å². The van der Waals surface area contributed by atoms with Crippen LogP contribution in [0.4, 0.5) is 4.39 Å². The molecule has 0 aliphatic rings. The second-order valence-electron chi connectivity index (χ2n) is 4.46. The zero-order valence-corrected chi connectivity index (χ0v) is 11.9. The third-order valence-corrected chi connectivity index (χ3v) is 4.66. The van der Waals surface area contributed by atoms with E-state index in [1.165, 1.54) is 25.4 Å². The van der Waals surface area contributed by atoms with E-state index in [0.29, 0.717) is 16.6 Å². The molecule has 0 spiro atoms. The first-order valence-corrected chi connectivity index (χ1v) is 7.67. The number of hydrogen-bond acceptors (Lipinski definition) is 3. The number of rotatable bonds is 3. The second-order valence-corrected chi connectivity index (χ2v) is 6.35. The van der Waals surface area contributed by atoms with Gasteiger partial charge in [0.25, 0.3) is 0 Å². The molecule has 0 saturated carbocycles. The average Bonchev–Trinajstić information content (AvgIpc) is 2.97. The van der Waals surface area contributed by atoms with Gasteiger partial charge in [0.1, 0.15) is 11.5 Å². The summed E-state index contributed by atoms with van der Waals surface area (Å²) in [6, 6.07) is 7.68. The van der Waals surface area contributed by atoms with Gasteiger partial charge in [-0.15, -0.1) is 0 Å². The predicted octanol–water partition coefficient (Wildman–Crippen LogP) is 2.28. The molecule has 2 N–H and O–H groups in total. The zero-order valence-electron chi connectivity index (χ0n) is 11.1. The van der Waals surface area contributed by atoms with Crippen LogP contribution in [0.25, 0.3) is 22.2 Å². The average molecular weight is 305 g/mol. The third-order valence-electron chi connectivity index (χ3n) is 3.24. The molecule has 0 radical (unpaired) electrons. The summed E-state index contributed by atoms with van der Waals surface area (Å²) >= 11 is 0. The van der Waals surface area contributed by atoms with Crippen LogP contribution in [0.15, 0.2) is 47.6 Å². The lowest BCUT2D eigenvalue weighted by atomic mass is 10.1. The zero-order chi connectivity index (χ0) is 15.0. The number of nitrogens with zero attached hydrogens (tertiary/aromatic N) is 1. The normalized spacial score (nSPS) is 11.9. The topological polar surface area (TPSA) is 74.8 Å². The van der Waals surface area contributed by atoms with Gasteiger partial charge in [-0.05, 0) is 30.8 Å². The number of aromatic amines is 1. The molecule has 2 heterocycles. The fourth-order valence-corrected chi connectivity index (χ4v) is 2.90. The maximum atomic E-state index is 14.5. The molecule has 0 atom stereocenters. The van der Waals surface area contributed by atoms with Crippen LogP contribution in [0, 0.1) is 5.82 Å². The number of halogens is 1. The molecule has 0 aliphatic carbocycles. The highest BCUT2D eigenvalue weighted by molar-refractivity contribution is 7.89. The van der Waals surface area contributed by atoms with E-state index in [4.69, 9.17) is 0 Å². The van der Waals surface area contributed by atoms with Crippen molar-refractivity contribution >= 4 is 21.1 Å². The number of fused-ring (bicyclic) bond motifs is 1. The third kappa shape index (κ3) is 2.30. The molecule has 7 heteroatoms. The van der Waals surface area contributed by atoms with E-state index in [-0.39, 0.29) is 10.5 Å². The fraction of sp³-hybridized carbons (Fsp3) is 0.0714. The van der Waals surface area contributed by atoms with Gasteiger partial charge >= 0.3 is 0 Å². The number of nitrogens with one attached hydrogen (secondary N) is 2. The summed E-state index contributed by atoms with van der Waals surface area (Å²) in [5.41, 5.74) is 1.17. The number of H-pyrrole nitrogens is 1. The lowest BCUT2D eigenvalue weighted by molar-refractivity contribution is 0.588. The summed E-state index contributed by atoms with van der Waals surface area (Å²) < 4.78 is 40.3. The molecule has 0 amide bonds. The fourth-order valence-electron chi connectivity index (χ4n) is 2.13. The highest BCUT2D eigenvalue weighted by Gasteiger charge is 2.15. The van der Waals surface area contributed by atoms with Crippen molar-refractivity contribution in [2.24, 2.45) is 0 Å². The van der Waals surface area contributed by atoms with Gasteiger partial charge in [0.2, 0.25) is 10.0 Å². The minimum absolute atomic E-state index is 0.0797. The van der Waals surface area contributed by atoms with E-state index in [1.54, 1.807) is 24.4 Å². The van der Waals surface area contributed by atoms with Crippen LogP contribution >= 0.6 is 0 Å². The molecule has 1 aromatic carbocycles. The second kappa shape index (κ2) is 4.94. The summed E-state index contributed by atoms with van der Waals surface area (Å²) in [5, 5.41) is 0.370. The Morgan fingerprint density at radius 3 is 2.86 bits per heavy atom. The van der Waals surface area contributed by atoms with Crippen molar-refractivity contribution in [3.05, 3.63) is 48.5 Å². The first-order valence-electron chi connectivity index (χ1n) is 6.18. The Kier molecular flexibility index (Phi) is 3.23. The van der Waals surface area contributed by atoms with Crippen LogP contribution in [0.1, 0.15) is 0 Å². The van der Waals surface area contributed by atoms with Crippen molar-refractivity contribution in [2.75, 3.05) is 7.05 Å². The van der Waals surface area contributed by atoms with Crippen LogP contribution in [0.2, 0.25) is 0 Å². The summed E-state index contributed by atoms with van der Waals surface area (Å²) in [6.07, 6.45) is 2.99. The molecule has 0 bridgehead atoms. The molecule has 3 rings (SSSR count). The first-order chi connectivity index (χ1) is 10.0. The lowest BCUT2D eigenvalue weighted by Gasteiger charge is -2.07. The quantitative estimate of drug-likeness (QED) is 0.779. The van der Waals surface area contributed by atoms with E-state index >= 15 is 0 Å². The van der Waals surface area contributed by atoms with Gasteiger partial charge in [0.05, 0.1) is 10.3 Å². The van der Waals surface area contributed by atoms with Crippen LogP contribution in [0.5, 0.6) is 0 Å². The van der Waals surface area contributed by atoms with Gasteiger partial charge in [-0.1, -0.05) is 12.1 Å². The van der Waals surface area contributed by atoms with E-state index in [1.807, 2.05) is 0 Å². The van der Waals surface area contributed by atoms with E-state index < -0.39 is 15.8 Å². The molecule has 0 fully saturated rings. The minimum atomic E-state index is -3.57. The van der Waals surface area contributed by atoms with Gasteiger partial charge in [-0.25, -0.2) is 22.5 Å². The summed E-state index contributed by atoms with van der Waals surface area (Å²) in [4.78, 5) is 7.04. The smallest absolute Gasteiger partial charge is 0.240 e. The van der Waals surface area contributed by atoms with Crippen LogP contribution < -0.4 is 4.72 Å². The molecule has 3 aromatic rings. The van der Waals surface area contributed by atoms with Crippen LogP contribution in [0.3, 0.4) is 0 Å². The Morgan fingerprint density at radius 2 is 2.10 bits per heavy atom. The van der Waals surface area contributed by atoms with Crippen LogP contribution in [-0.4, -0.2) is 25.4 Å². The Bertz CT molecular complexity index is 919. The lowest BCUT2D eigenvalue weighted by Crippen LogP contribution is -2.18. The van der Waals surface area contributed by atoms with Crippen molar-refractivity contribution < 1.29 is 12.8 Å². The summed E-state index contributed by atoms with van der Waals surface area (Å²) in [5.74, 6) is -0.430. The number of aromatic nitrogens is 2. The van der Waals surface area contributed by atoms with E-state index in [9.17, 15) is 12.8 Å². The Labute approximate surface area is 120 Å². The largest absolute Gasteiger partial charge is 0.346 e. The maximum Gasteiger partial charge on any atom is 0.240 e. The standard InChI is InChI=1S/C14H12FN3O2S/c1-16-21(19,20)10-4-2-3-9(7-10)12-8-18-14-11(13(12)15)5-6-17-14/h2-8,16H,1H3,(H,17,18). The summed E-state index contributed by atoms with van der Waals surface area (Å²) in [6.45, 7) is 0. The molecule has 21 heavy (non-hydrogen) atoms. The molecule has 2 aromatic heterocycles. The van der Waals surface area contributed by atoms with Crippen molar-refractivity contribution in [3.63, 3.8) is 0 Å². The van der Waals surface area contributed by atoms with Gasteiger partial charge in [-0.3, -0.25) is 0 Å². The highest BCUT2D eigenvalue weighted by atomic mass is 32.2. The summed E-state index contributed by atoms with van der Waals surface area (Å²) in [7, 11) is -2.24. The van der Waals surface area contributed by atoms with Crippen LogP contribution in [-0.2, 0) is 10.0 Å². The number of benzene rings is 1. The SMILES string of the molecule is CNS(=O)(=O)c1cccc(-c2cnc3[nH]ccc3c2F)c1. The number of pyridine rings is 1. The van der Waals surface area contributed by atoms with E-state index in [0.717, 1.165) is 0 Å². The van der Waals surface area contributed by atoms with Crippen molar-refractivity contribution in [3.8, 4) is 11.1 Å². The molecule has 0 saturated heterocycles. The minimum Gasteiger partial charge on any atom is -0.346 e. The predicted molar refractivity (Wildman–Crippen MR) is 77.7 cm³/mol. The Morgan fingerprint density at radius 1 is 1.29 bits per heavy atom. The first kappa shape index (κ1) is 13.7. The molecule has 5 nitrogen and oxygen atoms in total. The maximum absolute atomic E-state index is 14.5. The van der Waals surface area contributed by atoms with Gasteiger partial charge in [0, 0.05) is 18.0 Å².